The number of nitro benzene ring substituents is 1. The Labute approximate surface area is 108 Å². The Morgan fingerprint density at radius 3 is 2.82 bits per heavy atom. The van der Waals surface area contributed by atoms with Crippen molar-refractivity contribution in [1.82, 2.24) is 0 Å². The molecule has 4 nitrogen and oxygen atoms in total. The number of methoxy groups -OCH3 is 1. The van der Waals surface area contributed by atoms with Crippen LogP contribution in [0.1, 0.15) is 18.4 Å². The Kier molecular flexibility index (Phi) is 3.66. The molecule has 1 aliphatic rings. The van der Waals surface area contributed by atoms with E-state index in [4.69, 9.17) is 4.74 Å². The van der Waals surface area contributed by atoms with E-state index in [0.29, 0.717) is 22.9 Å². The maximum atomic E-state index is 10.9. The number of nitro groups is 1. The standard InChI is InChI=1S/C12H14BrNO3/c1-17-10-4-5-12(14(15)16)9(6-10)7-11(13)8-2-3-8/h4-6,8,11H,2-3,7H2,1H3. The van der Waals surface area contributed by atoms with Crippen LogP contribution >= 0.6 is 15.9 Å². The third-order valence-electron chi connectivity index (χ3n) is 3.03. The molecular formula is C12H14BrNO3. The van der Waals surface area contributed by atoms with Gasteiger partial charge in [0.25, 0.3) is 5.69 Å². The minimum absolute atomic E-state index is 0.177. The molecule has 0 aromatic heterocycles. The molecule has 0 bridgehead atoms. The first-order valence-corrected chi connectivity index (χ1v) is 6.48. The van der Waals surface area contributed by atoms with Crippen LogP contribution in [0, 0.1) is 16.0 Å². The summed E-state index contributed by atoms with van der Waals surface area (Å²) in [5.74, 6) is 1.34. The average Bonchev–Trinajstić information content (AvgIpc) is 3.12. The van der Waals surface area contributed by atoms with Gasteiger partial charge in [-0.15, -0.1) is 0 Å². The van der Waals surface area contributed by atoms with Gasteiger partial charge >= 0.3 is 0 Å². The third kappa shape index (κ3) is 2.97. The number of halogens is 1. The van der Waals surface area contributed by atoms with Crippen molar-refractivity contribution in [3.8, 4) is 5.75 Å². The Hall–Kier alpha value is -1.10. The van der Waals surface area contributed by atoms with Crippen LogP contribution in [-0.2, 0) is 6.42 Å². The van der Waals surface area contributed by atoms with Crippen LogP contribution in [0.3, 0.4) is 0 Å². The van der Waals surface area contributed by atoms with Gasteiger partial charge in [0.2, 0.25) is 0 Å². The highest BCUT2D eigenvalue weighted by Crippen LogP contribution is 2.39. The van der Waals surface area contributed by atoms with E-state index in [1.807, 2.05) is 0 Å². The van der Waals surface area contributed by atoms with E-state index in [2.05, 4.69) is 15.9 Å². The normalized spacial score (nSPS) is 16.6. The maximum absolute atomic E-state index is 10.9. The van der Waals surface area contributed by atoms with Gasteiger partial charge in [0, 0.05) is 16.5 Å². The van der Waals surface area contributed by atoms with Crippen LogP contribution in [0.2, 0.25) is 0 Å². The monoisotopic (exact) mass is 299 g/mol. The fourth-order valence-corrected chi connectivity index (χ4v) is 2.74. The molecule has 0 radical (unpaired) electrons. The minimum atomic E-state index is -0.332. The van der Waals surface area contributed by atoms with Gasteiger partial charge in [-0.1, -0.05) is 15.9 Å². The number of nitrogens with zero attached hydrogens (tertiary/aromatic N) is 1. The first-order valence-electron chi connectivity index (χ1n) is 5.57. The van der Waals surface area contributed by atoms with E-state index in [9.17, 15) is 10.1 Å². The van der Waals surface area contributed by atoms with Crippen molar-refractivity contribution in [1.29, 1.82) is 0 Å². The van der Waals surface area contributed by atoms with E-state index in [1.54, 1.807) is 19.2 Å². The quantitative estimate of drug-likeness (QED) is 0.476. The highest BCUT2D eigenvalue weighted by atomic mass is 79.9. The zero-order valence-electron chi connectivity index (χ0n) is 9.56. The first kappa shape index (κ1) is 12.4. The lowest BCUT2D eigenvalue weighted by atomic mass is 10.0. The second-order valence-electron chi connectivity index (χ2n) is 4.31. The summed E-state index contributed by atoms with van der Waals surface area (Å²) in [7, 11) is 1.57. The number of hydrogen-bond donors (Lipinski definition) is 0. The van der Waals surface area contributed by atoms with Crippen molar-refractivity contribution < 1.29 is 9.66 Å². The lowest BCUT2D eigenvalue weighted by molar-refractivity contribution is -0.385. The Bertz CT molecular complexity index is 432. The maximum Gasteiger partial charge on any atom is 0.272 e. The molecule has 1 fully saturated rings. The summed E-state index contributed by atoms with van der Waals surface area (Å²) in [6, 6.07) is 4.90. The molecule has 1 aliphatic carbocycles. The lowest BCUT2D eigenvalue weighted by Crippen LogP contribution is -2.07. The highest BCUT2D eigenvalue weighted by molar-refractivity contribution is 9.09. The van der Waals surface area contributed by atoms with Crippen molar-refractivity contribution in [2.75, 3.05) is 7.11 Å². The smallest absolute Gasteiger partial charge is 0.272 e. The molecule has 17 heavy (non-hydrogen) atoms. The molecule has 1 unspecified atom stereocenters. The van der Waals surface area contributed by atoms with Gasteiger partial charge in [0.05, 0.1) is 12.0 Å². The van der Waals surface area contributed by atoms with Crippen molar-refractivity contribution in [2.24, 2.45) is 5.92 Å². The number of ether oxygens (including phenoxy) is 1. The van der Waals surface area contributed by atoms with Crippen LogP contribution in [0.5, 0.6) is 5.75 Å². The van der Waals surface area contributed by atoms with Gasteiger partial charge in [-0.25, -0.2) is 0 Å². The molecule has 1 saturated carbocycles. The van der Waals surface area contributed by atoms with Gasteiger partial charge in [-0.3, -0.25) is 10.1 Å². The predicted molar refractivity (Wildman–Crippen MR) is 68.8 cm³/mol. The van der Waals surface area contributed by atoms with Crippen LogP contribution < -0.4 is 4.74 Å². The molecule has 0 spiro atoms. The van der Waals surface area contributed by atoms with Crippen molar-refractivity contribution in [3.63, 3.8) is 0 Å². The van der Waals surface area contributed by atoms with Crippen LogP contribution in [0.15, 0.2) is 18.2 Å². The van der Waals surface area contributed by atoms with Gasteiger partial charge < -0.3 is 4.74 Å². The molecule has 5 heteroatoms. The molecular weight excluding hydrogens is 286 g/mol. The predicted octanol–water partition coefficient (Wildman–Crippen LogP) is 3.32. The topological polar surface area (TPSA) is 52.4 Å². The third-order valence-corrected chi connectivity index (χ3v) is 4.10. The summed E-state index contributed by atoms with van der Waals surface area (Å²) in [5.41, 5.74) is 0.916. The van der Waals surface area contributed by atoms with Crippen molar-refractivity contribution >= 4 is 21.6 Å². The van der Waals surface area contributed by atoms with E-state index in [1.165, 1.54) is 18.9 Å². The average molecular weight is 300 g/mol. The lowest BCUT2D eigenvalue weighted by Gasteiger charge is -2.10. The Morgan fingerprint density at radius 1 is 1.59 bits per heavy atom. The zero-order chi connectivity index (χ0) is 12.4. The SMILES string of the molecule is COc1ccc([N+](=O)[O-])c(CC(Br)C2CC2)c1. The van der Waals surface area contributed by atoms with Gasteiger partial charge in [0.1, 0.15) is 5.75 Å². The van der Waals surface area contributed by atoms with Gasteiger partial charge in [-0.05, 0) is 37.3 Å². The number of hydrogen-bond acceptors (Lipinski definition) is 3. The van der Waals surface area contributed by atoms with Crippen LogP contribution in [-0.4, -0.2) is 16.9 Å². The summed E-state index contributed by atoms with van der Waals surface area (Å²) in [6.07, 6.45) is 3.11. The number of rotatable bonds is 5. The van der Waals surface area contributed by atoms with Gasteiger partial charge in [0.15, 0.2) is 0 Å². The molecule has 0 saturated heterocycles. The minimum Gasteiger partial charge on any atom is -0.497 e. The molecule has 2 rings (SSSR count). The van der Waals surface area contributed by atoms with E-state index >= 15 is 0 Å². The molecule has 1 aromatic carbocycles. The Morgan fingerprint density at radius 2 is 2.29 bits per heavy atom. The first-order chi connectivity index (χ1) is 8.11. The van der Waals surface area contributed by atoms with Crippen molar-refractivity contribution in [2.45, 2.75) is 24.1 Å². The summed E-state index contributed by atoms with van der Waals surface area (Å²) in [5, 5.41) is 10.9. The summed E-state index contributed by atoms with van der Waals surface area (Å²) in [6.45, 7) is 0. The Balaban J connectivity index is 2.23. The van der Waals surface area contributed by atoms with E-state index in [0.717, 1.165) is 5.56 Å². The second-order valence-corrected chi connectivity index (χ2v) is 5.49. The summed E-state index contributed by atoms with van der Waals surface area (Å²) in [4.78, 5) is 10.9. The molecule has 0 amide bonds. The van der Waals surface area contributed by atoms with E-state index < -0.39 is 0 Å². The zero-order valence-corrected chi connectivity index (χ0v) is 11.1. The van der Waals surface area contributed by atoms with Crippen LogP contribution in [0.4, 0.5) is 5.69 Å². The fraction of sp³-hybridized carbons (Fsp3) is 0.500. The van der Waals surface area contributed by atoms with Crippen molar-refractivity contribution in [3.05, 3.63) is 33.9 Å². The van der Waals surface area contributed by atoms with E-state index in [-0.39, 0.29) is 10.6 Å². The molecule has 0 N–H and O–H groups in total. The fourth-order valence-electron chi connectivity index (χ4n) is 1.87. The molecule has 92 valence electrons. The molecule has 1 atom stereocenters. The van der Waals surface area contributed by atoms with Crippen LogP contribution in [0.25, 0.3) is 0 Å². The largest absolute Gasteiger partial charge is 0.497 e. The molecule has 1 aromatic rings. The molecule has 0 heterocycles. The second kappa shape index (κ2) is 5.04. The summed E-state index contributed by atoms with van der Waals surface area (Å²) < 4.78 is 5.11. The number of alkyl halides is 1. The summed E-state index contributed by atoms with van der Waals surface area (Å²) >= 11 is 3.61. The molecule has 0 aliphatic heterocycles. The highest BCUT2D eigenvalue weighted by Gasteiger charge is 2.30. The number of benzene rings is 1. The van der Waals surface area contributed by atoms with Gasteiger partial charge in [-0.2, -0.15) is 0 Å².